The van der Waals surface area contributed by atoms with E-state index >= 15 is 0 Å². The summed E-state index contributed by atoms with van der Waals surface area (Å²) in [6, 6.07) is 6.70. The number of hydrogen-bond donors (Lipinski definition) is 0. The van der Waals surface area contributed by atoms with Crippen LogP contribution in [-0.4, -0.2) is 36.2 Å². The van der Waals surface area contributed by atoms with Gasteiger partial charge in [0.15, 0.2) is 17.9 Å². The quantitative estimate of drug-likeness (QED) is 0.436. The van der Waals surface area contributed by atoms with Crippen LogP contribution >= 0.6 is 0 Å². The molecule has 0 amide bonds. The summed E-state index contributed by atoms with van der Waals surface area (Å²) in [7, 11) is 0. The Morgan fingerprint density at radius 1 is 1.00 bits per heavy atom. The first kappa shape index (κ1) is 24.4. The van der Waals surface area contributed by atoms with Crippen molar-refractivity contribution in [3.8, 4) is 0 Å². The van der Waals surface area contributed by atoms with E-state index in [1.807, 2.05) is 20.8 Å². The Morgan fingerprint density at radius 3 is 2.39 bits per heavy atom. The Balaban J connectivity index is 1.72. The van der Waals surface area contributed by atoms with Crippen molar-refractivity contribution in [3.63, 3.8) is 0 Å². The molecule has 5 heteroatoms. The summed E-state index contributed by atoms with van der Waals surface area (Å²) in [4.78, 5) is 12.7. The van der Waals surface area contributed by atoms with E-state index in [9.17, 15) is 4.79 Å². The summed E-state index contributed by atoms with van der Waals surface area (Å²) in [6.45, 7) is 10.6. The third-order valence-corrected chi connectivity index (χ3v) is 6.12. The minimum atomic E-state index is -0.732. The fraction of sp³-hybridized carbons (Fsp3) is 0.731. The van der Waals surface area contributed by atoms with Crippen LogP contribution in [0.15, 0.2) is 18.2 Å². The second-order valence-corrected chi connectivity index (χ2v) is 9.33. The molecule has 2 aliphatic rings. The van der Waals surface area contributed by atoms with E-state index in [2.05, 4.69) is 32.0 Å². The molecule has 1 aromatic rings. The third kappa shape index (κ3) is 6.16. The fourth-order valence-corrected chi connectivity index (χ4v) is 4.48. The summed E-state index contributed by atoms with van der Waals surface area (Å²) < 4.78 is 24.2. The van der Waals surface area contributed by atoms with Crippen molar-refractivity contribution < 1.29 is 23.7 Å². The van der Waals surface area contributed by atoms with Gasteiger partial charge in [-0.25, -0.2) is 0 Å². The smallest absolute Gasteiger partial charge is 0.190 e. The number of carbonyl (C=O) groups is 1. The standard InChI is InChI=1S/C26H40O5/c1-6-9-12-19-15-14-18(16-20(19)13-10-7-2)17-28-23-22(21(27)11-8-3)29-25-24(23)30-26(4,5)31-25/h14-16,22-25H,6-13,17H2,1-5H3/t22-,23+,24-,25-/m1/s1. The highest BCUT2D eigenvalue weighted by Crippen LogP contribution is 2.39. The van der Waals surface area contributed by atoms with Gasteiger partial charge in [-0.1, -0.05) is 51.8 Å². The van der Waals surface area contributed by atoms with Crippen molar-refractivity contribution in [2.24, 2.45) is 0 Å². The average Bonchev–Trinajstić information content (AvgIpc) is 3.21. The van der Waals surface area contributed by atoms with Gasteiger partial charge in [-0.3, -0.25) is 4.79 Å². The van der Waals surface area contributed by atoms with E-state index in [0.29, 0.717) is 13.0 Å². The molecule has 174 valence electrons. The lowest BCUT2D eigenvalue weighted by atomic mass is 9.96. The van der Waals surface area contributed by atoms with E-state index in [1.54, 1.807) is 0 Å². The third-order valence-electron chi connectivity index (χ3n) is 6.12. The number of rotatable bonds is 12. The molecule has 4 atom stereocenters. The number of ketones is 1. The zero-order valence-corrected chi connectivity index (χ0v) is 19.9. The average molecular weight is 433 g/mol. The molecule has 0 spiro atoms. The molecule has 0 saturated carbocycles. The number of aryl methyl sites for hydroxylation is 2. The maximum absolute atomic E-state index is 12.7. The molecule has 31 heavy (non-hydrogen) atoms. The van der Waals surface area contributed by atoms with Gasteiger partial charge in [0.1, 0.15) is 18.3 Å². The van der Waals surface area contributed by atoms with Crippen molar-refractivity contribution in [1.29, 1.82) is 0 Å². The van der Waals surface area contributed by atoms with E-state index in [0.717, 1.165) is 24.8 Å². The minimum Gasteiger partial charge on any atom is -0.367 e. The molecular weight excluding hydrogens is 392 g/mol. The molecule has 3 rings (SSSR count). The maximum atomic E-state index is 12.7. The summed E-state index contributed by atoms with van der Waals surface area (Å²) in [6.07, 6.45) is 6.26. The molecule has 0 aliphatic carbocycles. The van der Waals surface area contributed by atoms with Crippen molar-refractivity contribution in [1.82, 2.24) is 0 Å². The lowest BCUT2D eigenvalue weighted by Crippen LogP contribution is -2.40. The number of Topliss-reactive ketones (excluding diaryl/α,β-unsaturated/α-hetero) is 1. The topological polar surface area (TPSA) is 54.0 Å². The first-order valence-corrected chi connectivity index (χ1v) is 12.1. The van der Waals surface area contributed by atoms with Crippen LogP contribution in [0.5, 0.6) is 0 Å². The van der Waals surface area contributed by atoms with Gasteiger partial charge in [-0.15, -0.1) is 0 Å². The van der Waals surface area contributed by atoms with E-state index in [4.69, 9.17) is 18.9 Å². The van der Waals surface area contributed by atoms with Gasteiger partial charge in [0, 0.05) is 6.42 Å². The summed E-state index contributed by atoms with van der Waals surface area (Å²) in [5.41, 5.74) is 4.01. The van der Waals surface area contributed by atoms with Crippen LogP contribution < -0.4 is 0 Å². The SMILES string of the molecule is CCCCc1ccc(CO[C@@H]2[C@H]3OC(C)(C)O[C@H]3O[C@@H]2C(=O)CCC)cc1CCCC. The van der Waals surface area contributed by atoms with Gasteiger partial charge < -0.3 is 18.9 Å². The zero-order valence-electron chi connectivity index (χ0n) is 19.9. The number of unbranched alkanes of at least 4 members (excludes halogenated alkanes) is 2. The maximum Gasteiger partial charge on any atom is 0.190 e. The van der Waals surface area contributed by atoms with Crippen LogP contribution in [0.1, 0.15) is 89.8 Å². The summed E-state index contributed by atoms with van der Waals surface area (Å²) in [5, 5.41) is 0. The summed E-state index contributed by atoms with van der Waals surface area (Å²) >= 11 is 0. The largest absolute Gasteiger partial charge is 0.367 e. The van der Waals surface area contributed by atoms with Gasteiger partial charge in [0.25, 0.3) is 0 Å². The predicted molar refractivity (Wildman–Crippen MR) is 121 cm³/mol. The highest BCUT2D eigenvalue weighted by atomic mass is 16.8. The van der Waals surface area contributed by atoms with Crippen molar-refractivity contribution in [3.05, 3.63) is 34.9 Å². The highest BCUT2D eigenvalue weighted by Gasteiger charge is 2.57. The molecule has 1 aromatic carbocycles. The Morgan fingerprint density at radius 2 is 1.71 bits per heavy atom. The lowest BCUT2D eigenvalue weighted by molar-refractivity contribution is -0.218. The van der Waals surface area contributed by atoms with Crippen molar-refractivity contribution in [2.75, 3.05) is 0 Å². The lowest BCUT2D eigenvalue weighted by Gasteiger charge is -2.25. The van der Waals surface area contributed by atoms with Crippen LogP contribution in [0.2, 0.25) is 0 Å². The van der Waals surface area contributed by atoms with E-state index in [-0.39, 0.29) is 11.9 Å². The molecular formula is C26H40O5. The molecule has 2 aliphatic heterocycles. The van der Waals surface area contributed by atoms with Crippen LogP contribution in [0.25, 0.3) is 0 Å². The monoisotopic (exact) mass is 432 g/mol. The molecule has 2 saturated heterocycles. The number of ether oxygens (including phenoxy) is 4. The van der Waals surface area contributed by atoms with Gasteiger partial charge in [0.2, 0.25) is 0 Å². The number of benzene rings is 1. The van der Waals surface area contributed by atoms with Crippen molar-refractivity contribution in [2.45, 2.75) is 123 Å². The second-order valence-electron chi connectivity index (χ2n) is 9.33. The normalized spacial score (nSPS) is 26.9. The Kier molecular flexibility index (Phi) is 8.68. The number of hydrogen-bond acceptors (Lipinski definition) is 5. The molecule has 5 nitrogen and oxygen atoms in total. The second kappa shape index (κ2) is 11.0. The van der Waals surface area contributed by atoms with E-state index in [1.165, 1.54) is 36.8 Å². The van der Waals surface area contributed by atoms with Gasteiger partial charge in [0.05, 0.1) is 6.61 Å². The highest BCUT2D eigenvalue weighted by molar-refractivity contribution is 5.84. The minimum absolute atomic E-state index is 0.0606. The number of fused-ring (bicyclic) bond motifs is 1. The van der Waals surface area contributed by atoms with E-state index < -0.39 is 24.3 Å². The van der Waals surface area contributed by atoms with Crippen LogP contribution in [-0.2, 0) is 43.2 Å². The van der Waals surface area contributed by atoms with Gasteiger partial charge in [-0.2, -0.15) is 0 Å². The first-order chi connectivity index (χ1) is 14.9. The molecule has 0 radical (unpaired) electrons. The van der Waals surface area contributed by atoms with Gasteiger partial charge in [-0.05, 0) is 62.6 Å². The molecule has 0 unspecified atom stereocenters. The summed E-state index contributed by atoms with van der Waals surface area (Å²) in [5.74, 6) is -0.672. The Hall–Kier alpha value is -1.27. The van der Waals surface area contributed by atoms with Crippen LogP contribution in [0.3, 0.4) is 0 Å². The Labute approximate surface area is 187 Å². The molecule has 2 heterocycles. The van der Waals surface area contributed by atoms with Crippen molar-refractivity contribution >= 4 is 5.78 Å². The van der Waals surface area contributed by atoms with Crippen LogP contribution in [0, 0.1) is 0 Å². The van der Waals surface area contributed by atoms with Crippen LogP contribution in [0.4, 0.5) is 0 Å². The Bertz CT molecular complexity index is 729. The predicted octanol–water partition coefficient (Wildman–Crippen LogP) is 5.50. The zero-order chi connectivity index (χ0) is 22.4. The first-order valence-electron chi connectivity index (χ1n) is 12.1. The molecule has 2 fully saturated rings. The molecule has 0 bridgehead atoms. The van der Waals surface area contributed by atoms with Gasteiger partial charge >= 0.3 is 0 Å². The fourth-order valence-electron chi connectivity index (χ4n) is 4.48. The number of carbonyl (C=O) groups excluding carboxylic acids is 1. The molecule has 0 N–H and O–H groups in total. The molecule has 0 aromatic heterocycles.